The predicted octanol–water partition coefficient (Wildman–Crippen LogP) is 3.42. The SMILES string of the molecule is CCC1CCC(C(=O)Nc2ccccc2N)CC1. The average molecular weight is 246 g/mol. The molecule has 0 aliphatic heterocycles. The number of para-hydroxylation sites is 2. The summed E-state index contributed by atoms with van der Waals surface area (Å²) < 4.78 is 0. The molecule has 3 nitrogen and oxygen atoms in total. The van der Waals surface area contributed by atoms with Crippen LogP contribution in [-0.4, -0.2) is 5.91 Å². The van der Waals surface area contributed by atoms with Crippen molar-refractivity contribution in [2.45, 2.75) is 39.0 Å². The highest BCUT2D eigenvalue weighted by molar-refractivity contribution is 5.95. The van der Waals surface area contributed by atoms with Crippen LogP contribution < -0.4 is 11.1 Å². The van der Waals surface area contributed by atoms with Crippen LogP contribution in [0.5, 0.6) is 0 Å². The van der Waals surface area contributed by atoms with E-state index >= 15 is 0 Å². The van der Waals surface area contributed by atoms with Gasteiger partial charge >= 0.3 is 0 Å². The minimum atomic E-state index is 0.127. The third kappa shape index (κ3) is 3.03. The van der Waals surface area contributed by atoms with Crippen LogP contribution in [0.3, 0.4) is 0 Å². The first-order valence-electron chi connectivity index (χ1n) is 6.86. The van der Waals surface area contributed by atoms with Crippen molar-refractivity contribution in [1.29, 1.82) is 0 Å². The average Bonchev–Trinajstić information content (AvgIpc) is 2.41. The molecule has 98 valence electrons. The lowest BCUT2D eigenvalue weighted by atomic mass is 9.80. The molecule has 18 heavy (non-hydrogen) atoms. The molecule has 0 aromatic heterocycles. The lowest BCUT2D eigenvalue weighted by molar-refractivity contribution is -0.121. The van der Waals surface area contributed by atoms with Gasteiger partial charge in [-0.15, -0.1) is 0 Å². The monoisotopic (exact) mass is 246 g/mol. The Morgan fingerprint density at radius 2 is 1.94 bits per heavy atom. The van der Waals surface area contributed by atoms with Crippen molar-refractivity contribution in [1.82, 2.24) is 0 Å². The fourth-order valence-corrected chi connectivity index (χ4v) is 2.68. The van der Waals surface area contributed by atoms with Crippen LogP contribution in [0.1, 0.15) is 39.0 Å². The molecule has 1 aromatic rings. The van der Waals surface area contributed by atoms with Gasteiger partial charge in [-0.25, -0.2) is 0 Å². The molecule has 0 spiro atoms. The van der Waals surface area contributed by atoms with E-state index in [1.54, 1.807) is 0 Å². The summed E-state index contributed by atoms with van der Waals surface area (Å²) in [5.74, 6) is 1.10. The first-order valence-corrected chi connectivity index (χ1v) is 6.86. The minimum Gasteiger partial charge on any atom is -0.397 e. The van der Waals surface area contributed by atoms with Gasteiger partial charge in [0.05, 0.1) is 11.4 Å². The summed E-state index contributed by atoms with van der Waals surface area (Å²) in [5.41, 5.74) is 7.20. The molecule has 1 aromatic carbocycles. The van der Waals surface area contributed by atoms with Crippen molar-refractivity contribution in [2.75, 3.05) is 11.1 Å². The molecule has 0 saturated heterocycles. The molecular weight excluding hydrogens is 224 g/mol. The van der Waals surface area contributed by atoms with Gasteiger partial charge < -0.3 is 11.1 Å². The maximum Gasteiger partial charge on any atom is 0.227 e. The maximum atomic E-state index is 12.1. The highest BCUT2D eigenvalue weighted by Gasteiger charge is 2.25. The lowest BCUT2D eigenvalue weighted by Crippen LogP contribution is -2.27. The van der Waals surface area contributed by atoms with Crippen LogP contribution in [0.2, 0.25) is 0 Å². The largest absolute Gasteiger partial charge is 0.397 e. The quantitative estimate of drug-likeness (QED) is 0.803. The van der Waals surface area contributed by atoms with E-state index in [0.717, 1.165) is 24.4 Å². The van der Waals surface area contributed by atoms with Gasteiger partial charge in [-0.1, -0.05) is 25.5 Å². The van der Waals surface area contributed by atoms with Crippen LogP contribution in [0.25, 0.3) is 0 Å². The third-order valence-corrected chi connectivity index (χ3v) is 4.01. The van der Waals surface area contributed by atoms with Gasteiger partial charge in [0.1, 0.15) is 0 Å². The Bertz CT molecular complexity index is 409. The summed E-state index contributed by atoms with van der Waals surface area (Å²) in [6.07, 6.45) is 5.62. The molecule has 1 saturated carbocycles. The maximum absolute atomic E-state index is 12.1. The standard InChI is InChI=1S/C15H22N2O/c1-2-11-7-9-12(10-8-11)15(18)17-14-6-4-3-5-13(14)16/h3-6,11-12H,2,7-10,16H2,1H3,(H,17,18). The van der Waals surface area contributed by atoms with Crippen molar-refractivity contribution < 1.29 is 4.79 Å². The van der Waals surface area contributed by atoms with Crippen molar-refractivity contribution in [3.63, 3.8) is 0 Å². The summed E-state index contributed by atoms with van der Waals surface area (Å²) in [6.45, 7) is 2.23. The Morgan fingerprint density at radius 3 is 2.56 bits per heavy atom. The van der Waals surface area contributed by atoms with Crippen LogP contribution in [0.15, 0.2) is 24.3 Å². The molecule has 1 fully saturated rings. The van der Waals surface area contributed by atoms with E-state index in [9.17, 15) is 4.79 Å². The Kier molecular flexibility index (Phi) is 4.24. The molecule has 0 radical (unpaired) electrons. The fourth-order valence-electron chi connectivity index (χ4n) is 2.68. The van der Waals surface area contributed by atoms with E-state index in [0.29, 0.717) is 5.69 Å². The summed E-state index contributed by atoms with van der Waals surface area (Å²) in [4.78, 5) is 12.1. The highest BCUT2D eigenvalue weighted by Crippen LogP contribution is 2.31. The summed E-state index contributed by atoms with van der Waals surface area (Å²) >= 11 is 0. The summed E-state index contributed by atoms with van der Waals surface area (Å²) in [6, 6.07) is 7.42. The van der Waals surface area contributed by atoms with Crippen LogP contribution in [0.4, 0.5) is 11.4 Å². The zero-order valence-electron chi connectivity index (χ0n) is 11.0. The summed E-state index contributed by atoms with van der Waals surface area (Å²) in [7, 11) is 0. The molecular formula is C15H22N2O. The zero-order valence-corrected chi connectivity index (χ0v) is 11.0. The third-order valence-electron chi connectivity index (χ3n) is 4.01. The fraction of sp³-hybridized carbons (Fsp3) is 0.533. The Balaban J connectivity index is 1.91. The number of carbonyl (C=O) groups is 1. The van der Waals surface area contributed by atoms with E-state index in [-0.39, 0.29) is 11.8 Å². The number of nitrogens with two attached hydrogens (primary N) is 1. The van der Waals surface area contributed by atoms with Crippen molar-refractivity contribution in [2.24, 2.45) is 11.8 Å². The van der Waals surface area contributed by atoms with Crippen LogP contribution in [-0.2, 0) is 4.79 Å². The number of carbonyl (C=O) groups excluding carboxylic acids is 1. The smallest absolute Gasteiger partial charge is 0.227 e. The molecule has 0 bridgehead atoms. The topological polar surface area (TPSA) is 55.1 Å². The number of rotatable bonds is 3. The van der Waals surface area contributed by atoms with Crippen molar-refractivity contribution >= 4 is 17.3 Å². The second-order valence-corrected chi connectivity index (χ2v) is 5.20. The molecule has 0 atom stereocenters. The molecule has 3 N–H and O–H groups in total. The highest BCUT2D eigenvalue weighted by atomic mass is 16.1. The van der Waals surface area contributed by atoms with Gasteiger partial charge in [-0.2, -0.15) is 0 Å². The Hall–Kier alpha value is -1.51. The second-order valence-electron chi connectivity index (χ2n) is 5.20. The van der Waals surface area contributed by atoms with Gasteiger partial charge in [-0.05, 0) is 43.7 Å². The zero-order chi connectivity index (χ0) is 13.0. The number of nitrogens with one attached hydrogen (secondary N) is 1. The van der Waals surface area contributed by atoms with Gasteiger partial charge in [0.2, 0.25) is 5.91 Å². The van der Waals surface area contributed by atoms with Crippen molar-refractivity contribution in [3.05, 3.63) is 24.3 Å². The Morgan fingerprint density at radius 1 is 1.28 bits per heavy atom. The number of anilines is 2. The number of nitrogen functional groups attached to an aromatic ring is 1. The van der Waals surface area contributed by atoms with Gasteiger partial charge in [0.15, 0.2) is 0 Å². The van der Waals surface area contributed by atoms with E-state index in [1.807, 2.05) is 24.3 Å². The first kappa shape index (κ1) is 12.9. The number of hydrogen-bond acceptors (Lipinski definition) is 2. The van der Waals surface area contributed by atoms with Crippen molar-refractivity contribution in [3.8, 4) is 0 Å². The molecule has 1 amide bonds. The predicted molar refractivity (Wildman–Crippen MR) is 75.2 cm³/mol. The second kappa shape index (κ2) is 5.89. The van der Waals surface area contributed by atoms with Gasteiger partial charge in [0.25, 0.3) is 0 Å². The van der Waals surface area contributed by atoms with Crippen LogP contribution in [0, 0.1) is 11.8 Å². The van der Waals surface area contributed by atoms with E-state index < -0.39 is 0 Å². The summed E-state index contributed by atoms with van der Waals surface area (Å²) in [5, 5.41) is 2.95. The van der Waals surface area contributed by atoms with E-state index in [4.69, 9.17) is 5.73 Å². The number of amides is 1. The van der Waals surface area contributed by atoms with Gasteiger partial charge in [0, 0.05) is 5.92 Å². The molecule has 3 heteroatoms. The number of benzene rings is 1. The normalized spacial score (nSPS) is 23.6. The van der Waals surface area contributed by atoms with E-state index in [2.05, 4.69) is 12.2 Å². The first-order chi connectivity index (χ1) is 8.70. The molecule has 2 rings (SSSR count). The van der Waals surface area contributed by atoms with E-state index in [1.165, 1.54) is 19.3 Å². The molecule has 0 heterocycles. The number of hydrogen-bond donors (Lipinski definition) is 2. The Labute approximate surface area is 109 Å². The molecule has 1 aliphatic carbocycles. The lowest BCUT2D eigenvalue weighted by Gasteiger charge is -2.27. The molecule has 1 aliphatic rings. The molecule has 0 unspecified atom stereocenters. The van der Waals surface area contributed by atoms with Gasteiger partial charge in [-0.3, -0.25) is 4.79 Å². The van der Waals surface area contributed by atoms with Crippen LogP contribution >= 0.6 is 0 Å². The minimum absolute atomic E-state index is 0.127.